The minimum Gasteiger partial charge on any atom is -0.490 e. The number of carbonyl (C=O) groups excluding carboxylic acids is 1. The second kappa shape index (κ2) is 8.17. The zero-order valence-electron chi connectivity index (χ0n) is 14.8. The molecule has 1 aromatic rings. The molecule has 1 atom stereocenters. The highest BCUT2D eigenvalue weighted by atomic mass is 16.5. The lowest BCUT2D eigenvalue weighted by molar-refractivity contribution is -0.142. The predicted octanol–water partition coefficient (Wildman–Crippen LogP) is 1.39. The molecule has 25 heavy (non-hydrogen) atoms. The van der Waals surface area contributed by atoms with Gasteiger partial charge in [0, 0.05) is 25.7 Å². The molecule has 6 heteroatoms. The molecule has 0 unspecified atom stereocenters. The van der Waals surface area contributed by atoms with E-state index in [1.54, 1.807) is 4.90 Å². The van der Waals surface area contributed by atoms with Gasteiger partial charge in [-0.25, -0.2) is 0 Å². The molecule has 2 aliphatic rings. The maximum Gasteiger partial charge on any atom is 0.226 e. The van der Waals surface area contributed by atoms with E-state index in [1.165, 1.54) is 0 Å². The van der Waals surface area contributed by atoms with Crippen molar-refractivity contribution in [1.29, 1.82) is 0 Å². The Morgan fingerprint density at radius 1 is 1.32 bits per heavy atom. The molecule has 0 aliphatic carbocycles. The maximum atomic E-state index is 12.8. The van der Waals surface area contributed by atoms with Crippen LogP contribution in [0.3, 0.4) is 0 Å². The summed E-state index contributed by atoms with van der Waals surface area (Å²) in [6.07, 6.45) is 1.49. The van der Waals surface area contributed by atoms with Gasteiger partial charge in [-0.1, -0.05) is 12.1 Å². The van der Waals surface area contributed by atoms with E-state index in [4.69, 9.17) is 14.2 Å². The first-order valence-corrected chi connectivity index (χ1v) is 8.92. The van der Waals surface area contributed by atoms with Crippen molar-refractivity contribution in [2.75, 3.05) is 46.1 Å². The Morgan fingerprint density at radius 2 is 2.12 bits per heavy atom. The van der Waals surface area contributed by atoms with Crippen molar-refractivity contribution >= 4 is 5.91 Å². The number of hydrogen-bond acceptors (Lipinski definition) is 5. The summed E-state index contributed by atoms with van der Waals surface area (Å²) in [4.78, 5) is 14.5. The second-order valence-electron chi connectivity index (χ2n) is 7.03. The topological polar surface area (TPSA) is 68.2 Å². The number of aryl methyl sites for hydroxylation is 1. The highest BCUT2D eigenvalue weighted by Crippen LogP contribution is 2.22. The van der Waals surface area contributed by atoms with Gasteiger partial charge in [0.05, 0.1) is 19.8 Å². The molecular formula is C19H27NO5. The first-order valence-electron chi connectivity index (χ1n) is 8.92. The van der Waals surface area contributed by atoms with Crippen LogP contribution in [0.25, 0.3) is 0 Å². The van der Waals surface area contributed by atoms with E-state index in [0.717, 1.165) is 18.4 Å². The van der Waals surface area contributed by atoms with E-state index < -0.39 is 5.60 Å². The van der Waals surface area contributed by atoms with Crippen molar-refractivity contribution in [1.82, 2.24) is 4.90 Å². The van der Waals surface area contributed by atoms with Crippen LogP contribution >= 0.6 is 0 Å². The fourth-order valence-electron chi connectivity index (χ4n) is 3.32. The van der Waals surface area contributed by atoms with Crippen LogP contribution in [0.2, 0.25) is 0 Å². The molecule has 2 fully saturated rings. The van der Waals surface area contributed by atoms with Crippen molar-refractivity contribution in [3.05, 3.63) is 29.8 Å². The number of rotatable bonds is 4. The third-order valence-electron chi connectivity index (χ3n) is 4.74. The summed E-state index contributed by atoms with van der Waals surface area (Å²) in [6, 6.07) is 7.69. The summed E-state index contributed by atoms with van der Waals surface area (Å²) in [5, 5.41) is 10.9. The Hall–Kier alpha value is -1.63. The predicted molar refractivity (Wildman–Crippen MR) is 92.6 cm³/mol. The maximum absolute atomic E-state index is 12.8. The molecular weight excluding hydrogens is 322 g/mol. The average Bonchev–Trinajstić information content (AvgIpc) is 2.83. The van der Waals surface area contributed by atoms with Crippen LogP contribution in [0, 0.1) is 12.8 Å². The summed E-state index contributed by atoms with van der Waals surface area (Å²) in [6.45, 7) is 4.66. The van der Waals surface area contributed by atoms with Gasteiger partial charge in [0.1, 0.15) is 18.0 Å². The molecule has 0 bridgehead atoms. The zero-order chi connectivity index (χ0) is 17.7. The molecule has 2 saturated heterocycles. The van der Waals surface area contributed by atoms with Gasteiger partial charge in [0.15, 0.2) is 0 Å². The molecule has 138 valence electrons. The lowest BCUT2D eigenvalue weighted by Gasteiger charge is -2.33. The Balaban J connectivity index is 1.62. The summed E-state index contributed by atoms with van der Waals surface area (Å²) in [5.41, 5.74) is -0.112. The standard InChI is InChI=1S/C19H27NO5/c1-15-3-2-4-17(11-15)25-14-19(22)12-20(7-10-24-13-19)18(21)16-5-8-23-9-6-16/h2-4,11,16,22H,5-10,12-14H2,1H3/t19-/m0/s1. The number of aliphatic hydroxyl groups is 1. The number of carbonyl (C=O) groups is 1. The molecule has 0 aromatic heterocycles. The van der Waals surface area contributed by atoms with Gasteiger partial charge in [-0.15, -0.1) is 0 Å². The van der Waals surface area contributed by atoms with Crippen LogP contribution in [0.5, 0.6) is 5.75 Å². The minimum atomic E-state index is -1.21. The Morgan fingerprint density at radius 3 is 2.88 bits per heavy atom. The number of hydrogen-bond donors (Lipinski definition) is 1. The molecule has 1 amide bonds. The Bertz CT molecular complexity index is 587. The van der Waals surface area contributed by atoms with E-state index in [0.29, 0.717) is 32.1 Å². The van der Waals surface area contributed by atoms with Gasteiger partial charge < -0.3 is 24.2 Å². The first kappa shape index (κ1) is 18.2. The first-order chi connectivity index (χ1) is 12.1. The minimum absolute atomic E-state index is 0.0196. The highest BCUT2D eigenvalue weighted by Gasteiger charge is 2.37. The smallest absolute Gasteiger partial charge is 0.226 e. The largest absolute Gasteiger partial charge is 0.490 e. The normalized spacial score (nSPS) is 25.4. The third kappa shape index (κ3) is 4.93. The Kier molecular flexibility index (Phi) is 5.93. The lowest BCUT2D eigenvalue weighted by Crippen LogP contribution is -2.51. The number of amides is 1. The van der Waals surface area contributed by atoms with Crippen molar-refractivity contribution in [3.8, 4) is 5.75 Å². The number of nitrogens with zero attached hydrogens (tertiary/aromatic N) is 1. The van der Waals surface area contributed by atoms with E-state index in [9.17, 15) is 9.90 Å². The third-order valence-corrected chi connectivity index (χ3v) is 4.74. The molecule has 1 aromatic carbocycles. The van der Waals surface area contributed by atoms with Gasteiger partial charge in [-0.3, -0.25) is 4.79 Å². The zero-order valence-corrected chi connectivity index (χ0v) is 14.8. The summed E-state index contributed by atoms with van der Waals surface area (Å²) in [5.74, 6) is 0.775. The molecule has 0 spiro atoms. The molecule has 1 N–H and O–H groups in total. The average molecular weight is 349 g/mol. The van der Waals surface area contributed by atoms with Crippen molar-refractivity contribution in [2.24, 2.45) is 5.92 Å². The van der Waals surface area contributed by atoms with Gasteiger partial charge in [0.25, 0.3) is 0 Å². The van der Waals surface area contributed by atoms with Crippen LogP contribution < -0.4 is 4.74 Å². The monoisotopic (exact) mass is 349 g/mol. The summed E-state index contributed by atoms with van der Waals surface area (Å²) in [7, 11) is 0. The van der Waals surface area contributed by atoms with Gasteiger partial charge >= 0.3 is 0 Å². The molecule has 0 radical (unpaired) electrons. The van der Waals surface area contributed by atoms with Crippen LogP contribution in [-0.4, -0.2) is 67.6 Å². The van der Waals surface area contributed by atoms with Crippen LogP contribution in [0.15, 0.2) is 24.3 Å². The van der Waals surface area contributed by atoms with Crippen molar-refractivity contribution < 1.29 is 24.1 Å². The molecule has 0 saturated carbocycles. The van der Waals surface area contributed by atoms with E-state index in [2.05, 4.69) is 0 Å². The Labute approximate surface area is 148 Å². The molecule has 6 nitrogen and oxygen atoms in total. The fourth-order valence-corrected chi connectivity index (χ4v) is 3.32. The van der Waals surface area contributed by atoms with E-state index in [-0.39, 0.29) is 31.6 Å². The van der Waals surface area contributed by atoms with Crippen LogP contribution in [0.1, 0.15) is 18.4 Å². The van der Waals surface area contributed by atoms with Crippen molar-refractivity contribution in [2.45, 2.75) is 25.4 Å². The van der Waals surface area contributed by atoms with Gasteiger partial charge in [0.2, 0.25) is 5.91 Å². The number of β-amino-alcohol motifs (C(OH)–C–C–N with tert-alkyl or cyclic N) is 1. The fraction of sp³-hybridized carbons (Fsp3) is 0.632. The molecule has 2 heterocycles. The summed E-state index contributed by atoms with van der Waals surface area (Å²) < 4.78 is 16.6. The number of ether oxygens (including phenoxy) is 3. The SMILES string of the molecule is Cc1cccc(OC[C@@]2(O)COCCN(C(=O)C3CCOCC3)C2)c1. The molecule has 3 rings (SSSR count). The van der Waals surface area contributed by atoms with Gasteiger partial charge in [-0.05, 0) is 37.5 Å². The second-order valence-corrected chi connectivity index (χ2v) is 7.03. The van der Waals surface area contributed by atoms with Crippen LogP contribution in [0.4, 0.5) is 0 Å². The molecule has 2 aliphatic heterocycles. The van der Waals surface area contributed by atoms with Crippen molar-refractivity contribution in [3.63, 3.8) is 0 Å². The lowest BCUT2D eigenvalue weighted by atomic mass is 9.97. The van der Waals surface area contributed by atoms with Crippen LogP contribution in [-0.2, 0) is 14.3 Å². The summed E-state index contributed by atoms with van der Waals surface area (Å²) >= 11 is 0. The quantitative estimate of drug-likeness (QED) is 0.890. The van der Waals surface area contributed by atoms with E-state index in [1.807, 2.05) is 31.2 Å². The highest BCUT2D eigenvalue weighted by molar-refractivity contribution is 5.79. The number of benzene rings is 1. The van der Waals surface area contributed by atoms with E-state index >= 15 is 0 Å². The van der Waals surface area contributed by atoms with Gasteiger partial charge in [-0.2, -0.15) is 0 Å².